The average molecular weight is 394 g/mol. The minimum atomic E-state index is -0.296. The summed E-state index contributed by atoms with van der Waals surface area (Å²) < 4.78 is 16.3. The van der Waals surface area contributed by atoms with Crippen LogP contribution in [-0.4, -0.2) is 21.1 Å². The number of halogens is 3. The van der Waals surface area contributed by atoms with Gasteiger partial charge in [-0.15, -0.1) is 11.6 Å². The quantitative estimate of drug-likeness (QED) is 0.446. The standard InChI is InChI=1S/C15H19BrClFN2S/c1-4-21-6-5-9(2)20-14-7-11(16)12(18)8-13(14)19-15(20)10(3)17/h7-10H,4-6H2,1-3H3. The Bertz CT molecular complexity index is 630. The number of hydrogen-bond acceptors (Lipinski definition) is 2. The summed E-state index contributed by atoms with van der Waals surface area (Å²) in [7, 11) is 0. The molecule has 2 aromatic rings. The Morgan fingerprint density at radius 1 is 1.43 bits per heavy atom. The summed E-state index contributed by atoms with van der Waals surface area (Å²) in [4.78, 5) is 4.53. The van der Waals surface area contributed by atoms with Gasteiger partial charge in [0, 0.05) is 12.1 Å². The van der Waals surface area contributed by atoms with E-state index in [1.165, 1.54) is 6.07 Å². The number of aromatic nitrogens is 2. The van der Waals surface area contributed by atoms with Crippen LogP contribution in [0.25, 0.3) is 11.0 Å². The molecule has 1 heterocycles. The molecule has 0 aliphatic heterocycles. The lowest BCUT2D eigenvalue weighted by Gasteiger charge is -2.18. The van der Waals surface area contributed by atoms with Crippen molar-refractivity contribution in [3.63, 3.8) is 0 Å². The molecule has 0 fully saturated rings. The van der Waals surface area contributed by atoms with Gasteiger partial charge < -0.3 is 4.57 Å². The number of fused-ring (bicyclic) bond motifs is 1. The van der Waals surface area contributed by atoms with E-state index in [-0.39, 0.29) is 17.2 Å². The van der Waals surface area contributed by atoms with Crippen molar-refractivity contribution in [2.24, 2.45) is 0 Å². The molecule has 6 heteroatoms. The molecule has 0 aliphatic rings. The second-order valence-electron chi connectivity index (χ2n) is 5.05. The summed E-state index contributed by atoms with van der Waals surface area (Å²) in [5, 5.41) is -0.208. The molecule has 1 aromatic carbocycles. The van der Waals surface area contributed by atoms with Gasteiger partial charge in [0.1, 0.15) is 11.6 Å². The fourth-order valence-corrected chi connectivity index (χ4v) is 3.66. The van der Waals surface area contributed by atoms with E-state index in [9.17, 15) is 4.39 Å². The van der Waals surface area contributed by atoms with Gasteiger partial charge >= 0.3 is 0 Å². The smallest absolute Gasteiger partial charge is 0.139 e. The Hall–Kier alpha value is -0.260. The number of benzene rings is 1. The number of hydrogen-bond donors (Lipinski definition) is 0. The molecule has 0 radical (unpaired) electrons. The zero-order valence-corrected chi connectivity index (χ0v) is 15.5. The molecule has 116 valence electrons. The summed E-state index contributed by atoms with van der Waals surface area (Å²) in [6.45, 7) is 6.23. The van der Waals surface area contributed by atoms with Gasteiger partial charge in [0.05, 0.1) is 20.9 Å². The fourth-order valence-electron chi connectivity index (χ4n) is 2.38. The minimum absolute atomic E-state index is 0.208. The van der Waals surface area contributed by atoms with Crippen LogP contribution in [0.4, 0.5) is 4.39 Å². The molecular formula is C15H19BrClFN2S. The summed E-state index contributed by atoms with van der Waals surface area (Å²) in [6.07, 6.45) is 1.04. The Balaban J connectivity index is 2.47. The lowest BCUT2D eigenvalue weighted by Crippen LogP contribution is -2.11. The van der Waals surface area contributed by atoms with Gasteiger partial charge in [0.15, 0.2) is 0 Å². The van der Waals surface area contributed by atoms with E-state index in [0.717, 1.165) is 29.3 Å². The third-order valence-electron chi connectivity index (χ3n) is 3.44. The molecule has 0 N–H and O–H groups in total. The first kappa shape index (κ1) is 17.1. The Labute approximate surface area is 142 Å². The molecule has 0 spiro atoms. The van der Waals surface area contributed by atoms with Crippen LogP contribution in [-0.2, 0) is 0 Å². The SMILES string of the molecule is CCSCCC(C)n1c(C(C)Cl)nc2cc(F)c(Br)cc21. The van der Waals surface area contributed by atoms with Crippen LogP contribution < -0.4 is 0 Å². The van der Waals surface area contributed by atoms with Gasteiger partial charge in [-0.2, -0.15) is 11.8 Å². The molecule has 0 aliphatic carbocycles. The molecule has 0 bridgehead atoms. The topological polar surface area (TPSA) is 17.8 Å². The maximum Gasteiger partial charge on any atom is 0.139 e. The monoisotopic (exact) mass is 392 g/mol. The highest BCUT2D eigenvalue weighted by atomic mass is 79.9. The van der Waals surface area contributed by atoms with E-state index < -0.39 is 0 Å². The largest absolute Gasteiger partial charge is 0.324 e. The number of nitrogens with zero attached hydrogens (tertiary/aromatic N) is 2. The molecule has 21 heavy (non-hydrogen) atoms. The Kier molecular flexibility index (Phi) is 5.97. The van der Waals surface area contributed by atoms with Crippen molar-refractivity contribution in [3.05, 3.63) is 28.2 Å². The van der Waals surface area contributed by atoms with E-state index >= 15 is 0 Å². The fraction of sp³-hybridized carbons (Fsp3) is 0.533. The summed E-state index contributed by atoms with van der Waals surface area (Å²) in [6, 6.07) is 3.54. The average Bonchev–Trinajstić information content (AvgIpc) is 2.78. The van der Waals surface area contributed by atoms with Crippen molar-refractivity contribution in [1.82, 2.24) is 9.55 Å². The van der Waals surface area contributed by atoms with Crippen LogP contribution in [0.3, 0.4) is 0 Å². The van der Waals surface area contributed by atoms with Crippen LogP contribution in [0, 0.1) is 5.82 Å². The van der Waals surface area contributed by atoms with Gasteiger partial charge in [-0.3, -0.25) is 0 Å². The predicted molar refractivity (Wildman–Crippen MR) is 94.0 cm³/mol. The highest BCUT2D eigenvalue weighted by molar-refractivity contribution is 9.10. The molecule has 0 saturated heterocycles. The van der Waals surface area contributed by atoms with Crippen molar-refractivity contribution in [2.75, 3.05) is 11.5 Å². The van der Waals surface area contributed by atoms with Crippen LogP contribution in [0.15, 0.2) is 16.6 Å². The summed E-state index contributed by atoms with van der Waals surface area (Å²) >= 11 is 11.5. The second kappa shape index (κ2) is 7.34. The Morgan fingerprint density at radius 2 is 2.14 bits per heavy atom. The van der Waals surface area contributed by atoms with Crippen molar-refractivity contribution >= 4 is 50.3 Å². The third-order valence-corrected chi connectivity index (χ3v) is 5.17. The lowest BCUT2D eigenvalue weighted by molar-refractivity contribution is 0.525. The van der Waals surface area contributed by atoms with Crippen molar-refractivity contribution in [1.29, 1.82) is 0 Å². The highest BCUT2D eigenvalue weighted by Crippen LogP contribution is 2.32. The minimum Gasteiger partial charge on any atom is -0.324 e. The van der Waals surface area contributed by atoms with E-state index in [1.807, 2.05) is 18.7 Å². The van der Waals surface area contributed by atoms with Crippen LogP contribution in [0.1, 0.15) is 44.4 Å². The normalized spacial score (nSPS) is 14.6. The molecule has 1 aromatic heterocycles. The lowest BCUT2D eigenvalue weighted by atomic mass is 10.2. The van der Waals surface area contributed by atoms with E-state index in [0.29, 0.717) is 9.99 Å². The van der Waals surface area contributed by atoms with Gasteiger partial charge in [-0.1, -0.05) is 6.92 Å². The number of thioether (sulfide) groups is 1. The van der Waals surface area contributed by atoms with E-state index in [4.69, 9.17) is 11.6 Å². The third kappa shape index (κ3) is 3.74. The van der Waals surface area contributed by atoms with Gasteiger partial charge in [-0.25, -0.2) is 9.37 Å². The first-order valence-electron chi connectivity index (χ1n) is 7.04. The van der Waals surface area contributed by atoms with E-state index in [2.05, 4.69) is 39.3 Å². The van der Waals surface area contributed by atoms with Crippen LogP contribution >= 0.6 is 39.3 Å². The maximum absolute atomic E-state index is 13.7. The Morgan fingerprint density at radius 3 is 2.76 bits per heavy atom. The number of imidazole rings is 1. The summed E-state index contributed by atoms with van der Waals surface area (Å²) in [5.41, 5.74) is 1.59. The van der Waals surface area contributed by atoms with Gasteiger partial charge in [0.25, 0.3) is 0 Å². The molecule has 2 nitrogen and oxygen atoms in total. The van der Waals surface area contributed by atoms with Crippen LogP contribution in [0.2, 0.25) is 0 Å². The number of rotatable bonds is 6. The summed E-state index contributed by atoms with van der Waals surface area (Å²) in [5.74, 6) is 2.72. The first-order chi connectivity index (χ1) is 9.95. The molecule has 0 saturated carbocycles. The zero-order valence-electron chi connectivity index (χ0n) is 12.4. The molecule has 2 unspecified atom stereocenters. The highest BCUT2D eigenvalue weighted by Gasteiger charge is 2.20. The predicted octanol–water partition coefficient (Wildman–Crippen LogP) is 5.94. The van der Waals surface area contributed by atoms with Gasteiger partial charge in [-0.05, 0) is 53.8 Å². The molecule has 0 amide bonds. The molecular weight excluding hydrogens is 375 g/mol. The van der Waals surface area contributed by atoms with Gasteiger partial charge in [0.2, 0.25) is 0 Å². The van der Waals surface area contributed by atoms with E-state index in [1.54, 1.807) is 6.07 Å². The van der Waals surface area contributed by atoms with Crippen molar-refractivity contribution in [2.45, 2.75) is 38.6 Å². The molecule has 2 atom stereocenters. The number of alkyl halides is 1. The maximum atomic E-state index is 13.7. The first-order valence-corrected chi connectivity index (χ1v) is 9.42. The second-order valence-corrected chi connectivity index (χ2v) is 7.95. The van der Waals surface area contributed by atoms with Crippen molar-refractivity contribution in [3.8, 4) is 0 Å². The van der Waals surface area contributed by atoms with Crippen molar-refractivity contribution < 1.29 is 4.39 Å². The zero-order chi connectivity index (χ0) is 15.6. The van der Waals surface area contributed by atoms with Crippen LogP contribution in [0.5, 0.6) is 0 Å². The molecule has 2 rings (SSSR count).